The third kappa shape index (κ3) is 4.61. The van der Waals surface area contributed by atoms with Crippen molar-refractivity contribution in [3.63, 3.8) is 0 Å². The van der Waals surface area contributed by atoms with Gasteiger partial charge in [0.2, 0.25) is 5.13 Å². The predicted molar refractivity (Wildman–Crippen MR) is 93.3 cm³/mol. The van der Waals surface area contributed by atoms with Crippen molar-refractivity contribution in [3.05, 3.63) is 29.3 Å². The van der Waals surface area contributed by atoms with Crippen LogP contribution >= 0.6 is 23.1 Å². The van der Waals surface area contributed by atoms with Crippen LogP contribution in [0.15, 0.2) is 22.5 Å². The Bertz CT molecular complexity index is 626. The number of ether oxygens (including phenoxy) is 1. The van der Waals surface area contributed by atoms with Gasteiger partial charge in [0.1, 0.15) is 5.75 Å². The number of aryl methyl sites for hydroxylation is 2. The second-order valence-electron chi connectivity index (χ2n) is 5.61. The summed E-state index contributed by atoms with van der Waals surface area (Å²) in [6.07, 6.45) is 3.53. The van der Waals surface area contributed by atoms with Crippen LogP contribution < -0.4 is 10.1 Å². The molecule has 1 saturated carbocycles. The van der Waals surface area contributed by atoms with Crippen molar-refractivity contribution < 1.29 is 4.74 Å². The van der Waals surface area contributed by atoms with Crippen LogP contribution in [0.2, 0.25) is 0 Å². The molecule has 0 bridgehead atoms. The van der Waals surface area contributed by atoms with E-state index in [1.807, 2.05) is 0 Å². The quantitative estimate of drug-likeness (QED) is 0.576. The number of nitrogens with one attached hydrogen (secondary N) is 1. The van der Waals surface area contributed by atoms with Gasteiger partial charge in [-0.1, -0.05) is 35.2 Å². The fourth-order valence-corrected chi connectivity index (χ4v) is 3.80. The summed E-state index contributed by atoms with van der Waals surface area (Å²) in [5.74, 6) is 2.00. The number of benzene rings is 1. The van der Waals surface area contributed by atoms with Gasteiger partial charge in [0.15, 0.2) is 4.34 Å². The van der Waals surface area contributed by atoms with Crippen molar-refractivity contribution >= 4 is 28.2 Å². The lowest BCUT2D eigenvalue weighted by atomic mass is 10.1. The van der Waals surface area contributed by atoms with Crippen LogP contribution in [-0.4, -0.2) is 28.6 Å². The Hall–Kier alpha value is -1.27. The van der Waals surface area contributed by atoms with Gasteiger partial charge in [0, 0.05) is 11.8 Å². The molecule has 1 aromatic carbocycles. The van der Waals surface area contributed by atoms with Gasteiger partial charge in [-0.2, -0.15) is 0 Å². The minimum Gasteiger partial charge on any atom is -0.493 e. The van der Waals surface area contributed by atoms with Crippen molar-refractivity contribution in [1.29, 1.82) is 0 Å². The lowest BCUT2D eigenvalue weighted by molar-refractivity contribution is 0.316. The number of hydrogen-bond acceptors (Lipinski definition) is 6. The van der Waals surface area contributed by atoms with E-state index >= 15 is 0 Å². The fourth-order valence-electron chi connectivity index (χ4n) is 1.99. The summed E-state index contributed by atoms with van der Waals surface area (Å²) in [4.78, 5) is 0. The zero-order valence-corrected chi connectivity index (χ0v) is 14.6. The minimum atomic E-state index is 0.636. The third-order valence-electron chi connectivity index (χ3n) is 3.43. The molecule has 1 N–H and O–H groups in total. The fraction of sp³-hybridized carbons (Fsp3) is 0.500. The summed E-state index contributed by atoms with van der Waals surface area (Å²) < 4.78 is 6.90. The molecule has 0 atom stereocenters. The molecule has 0 radical (unpaired) electrons. The molecule has 22 heavy (non-hydrogen) atoms. The van der Waals surface area contributed by atoms with E-state index in [0.717, 1.165) is 34.0 Å². The number of hydrogen-bond donors (Lipinski definition) is 1. The molecule has 1 heterocycles. The first-order valence-corrected chi connectivity index (χ1v) is 9.44. The standard InChI is InChI=1S/C16H21N3OS2/c1-11-4-5-12(2)14(10-11)20-8-3-9-21-16-19-18-15(22-16)17-13-6-7-13/h4-5,10,13H,3,6-9H2,1-2H3,(H,17,18). The smallest absolute Gasteiger partial charge is 0.206 e. The molecule has 0 unspecified atom stereocenters. The lowest BCUT2D eigenvalue weighted by Gasteiger charge is -2.09. The van der Waals surface area contributed by atoms with Crippen molar-refractivity contribution in [2.45, 2.75) is 43.5 Å². The molecule has 0 aliphatic heterocycles. The molecule has 1 aliphatic rings. The van der Waals surface area contributed by atoms with Crippen LogP contribution in [0.5, 0.6) is 5.75 Å². The number of nitrogens with zero attached hydrogens (tertiary/aromatic N) is 2. The van der Waals surface area contributed by atoms with Gasteiger partial charge in [-0.05, 0) is 50.3 Å². The molecule has 6 heteroatoms. The number of rotatable bonds is 8. The Labute approximate surface area is 139 Å². The Kier molecular flexibility index (Phi) is 5.20. The van der Waals surface area contributed by atoms with E-state index in [1.165, 1.54) is 24.0 Å². The molecule has 0 spiro atoms. The topological polar surface area (TPSA) is 47.0 Å². The number of anilines is 1. The average Bonchev–Trinajstić information content (AvgIpc) is 3.20. The molecular weight excluding hydrogens is 314 g/mol. The summed E-state index contributed by atoms with van der Waals surface area (Å²) in [6, 6.07) is 6.95. The molecule has 4 nitrogen and oxygen atoms in total. The normalized spacial score (nSPS) is 14.1. The second-order valence-corrected chi connectivity index (χ2v) is 7.93. The van der Waals surface area contributed by atoms with E-state index in [9.17, 15) is 0 Å². The maximum atomic E-state index is 5.86. The van der Waals surface area contributed by atoms with Crippen LogP contribution in [0.1, 0.15) is 30.4 Å². The first kappa shape index (κ1) is 15.6. The van der Waals surface area contributed by atoms with Crippen LogP contribution in [0.3, 0.4) is 0 Å². The van der Waals surface area contributed by atoms with E-state index in [2.05, 4.69) is 47.6 Å². The van der Waals surface area contributed by atoms with Gasteiger partial charge >= 0.3 is 0 Å². The average molecular weight is 335 g/mol. The Morgan fingerprint density at radius 3 is 3.00 bits per heavy atom. The van der Waals surface area contributed by atoms with Crippen molar-refractivity contribution in [1.82, 2.24) is 10.2 Å². The predicted octanol–water partition coefficient (Wildman–Crippen LogP) is 4.29. The van der Waals surface area contributed by atoms with Gasteiger partial charge in [0.25, 0.3) is 0 Å². The molecule has 1 fully saturated rings. The van der Waals surface area contributed by atoms with Crippen molar-refractivity contribution in [2.24, 2.45) is 0 Å². The van der Waals surface area contributed by atoms with Gasteiger partial charge < -0.3 is 10.1 Å². The highest BCUT2D eigenvalue weighted by molar-refractivity contribution is 8.01. The van der Waals surface area contributed by atoms with Crippen molar-refractivity contribution in [3.8, 4) is 5.75 Å². The lowest BCUT2D eigenvalue weighted by Crippen LogP contribution is -2.00. The zero-order chi connectivity index (χ0) is 15.4. The van der Waals surface area contributed by atoms with Crippen LogP contribution in [-0.2, 0) is 0 Å². The van der Waals surface area contributed by atoms with Gasteiger partial charge in [-0.15, -0.1) is 10.2 Å². The first-order valence-electron chi connectivity index (χ1n) is 7.63. The largest absolute Gasteiger partial charge is 0.493 e. The summed E-state index contributed by atoms with van der Waals surface area (Å²) >= 11 is 3.40. The zero-order valence-electron chi connectivity index (χ0n) is 13.0. The summed E-state index contributed by atoms with van der Waals surface area (Å²) in [5, 5.41) is 12.7. The van der Waals surface area contributed by atoms with Crippen LogP contribution in [0, 0.1) is 13.8 Å². The maximum Gasteiger partial charge on any atom is 0.206 e. The van der Waals surface area contributed by atoms with E-state index in [0.29, 0.717) is 6.04 Å². The first-order chi connectivity index (χ1) is 10.7. The van der Waals surface area contributed by atoms with Gasteiger partial charge in [-0.3, -0.25) is 0 Å². The minimum absolute atomic E-state index is 0.636. The summed E-state index contributed by atoms with van der Waals surface area (Å²) in [5.41, 5.74) is 2.43. The Balaban J connectivity index is 1.36. The molecule has 2 aromatic rings. The highest BCUT2D eigenvalue weighted by Gasteiger charge is 2.22. The Morgan fingerprint density at radius 1 is 1.32 bits per heavy atom. The second kappa shape index (κ2) is 7.33. The van der Waals surface area contributed by atoms with Crippen LogP contribution in [0.4, 0.5) is 5.13 Å². The highest BCUT2D eigenvalue weighted by atomic mass is 32.2. The molecule has 0 amide bonds. The van der Waals surface area contributed by atoms with E-state index in [4.69, 9.17) is 4.74 Å². The molecule has 1 aliphatic carbocycles. The Morgan fingerprint density at radius 2 is 2.18 bits per heavy atom. The summed E-state index contributed by atoms with van der Waals surface area (Å²) in [6.45, 7) is 4.91. The number of thioether (sulfide) groups is 1. The van der Waals surface area contributed by atoms with Gasteiger partial charge in [0.05, 0.1) is 6.61 Å². The van der Waals surface area contributed by atoms with E-state index < -0.39 is 0 Å². The monoisotopic (exact) mass is 335 g/mol. The molecule has 118 valence electrons. The highest BCUT2D eigenvalue weighted by Crippen LogP contribution is 2.30. The number of aromatic nitrogens is 2. The molecule has 1 aromatic heterocycles. The van der Waals surface area contributed by atoms with Gasteiger partial charge in [-0.25, -0.2) is 0 Å². The molecule has 3 rings (SSSR count). The molecule has 0 saturated heterocycles. The molecular formula is C16H21N3OS2. The van der Waals surface area contributed by atoms with E-state index in [1.54, 1.807) is 23.1 Å². The van der Waals surface area contributed by atoms with Crippen molar-refractivity contribution in [2.75, 3.05) is 17.7 Å². The summed E-state index contributed by atoms with van der Waals surface area (Å²) in [7, 11) is 0. The maximum absolute atomic E-state index is 5.86. The van der Waals surface area contributed by atoms with E-state index in [-0.39, 0.29) is 0 Å². The third-order valence-corrected chi connectivity index (χ3v) is 5.50. The van der Waals surface area contributed by atoms with Crippen LogP contribution in [0.25, 0.3) is 0 Å². The SMILES string of the molecule is Cc1ccc(C)c(OCCCSc2nnc(NC3CC3)s2)c1.